The Morgan fingerprint density at radius 1 is 0.429 bits per heavy atom. The Balaban J connectivity index is 0.000000476. The molecular weight excluding hydrogens is 611 g/mol. The van der Waals surface area contributed by atoms with Crippen LogP contribution in [0.15, 0.2) is 91.0 Å². The summed E-state index contributed by atoms with van der Waals surface area (Å²) in [5, 5.41) is 0. The van der Waals surface area contributed by atoms with E-state index in [2.05, 4.69) is 147 Å². The van der Waals surface area contributed by atoms with Gasteiger partial charge in [0, 0.05) is 32.3 Å². The molecule has 0 spiro atoms. The normalized spacial score (nSPS) is 16.7. The molecule has 0 bridgehead atoms. The summed E-state index contributed by atoms with van der Waals surface area (Å²) in [4.78, 5) is 0. The summed E-state index contributed by atoms with van der Waals surface area (Å²) in [6.07, 6.45) is 3.14. The standard InChI is InChI=1S/C16H40Si4.2C7H8.C6H5.Al.K.H/c1-17(2,3)15(18(4,5)6)13-14-16(19(7,8)9)20(10,11)12;2*1-7-5-3-2-4-6-7;1-2-4-6-5-3-1;;;/h13-14H2,1-12H3;2*2-6H,1H3;1-5H;;;/q;;;;-1;+1;. The van der Waals surface area contributed by atoms with Crippen LogP contribution in [0, 0.1) is 13.8 Å². The van der Waals surface area contributed by atoms with Gasteiger partial charge in [-0.3, -0.25) is 0 Å². The van der Waals surface area contributed by atoms with E-state index in [9.17, 15) is 0 Å². The molecule has 0 nitrogen and oxygen atoms in total. The molecule has 1 heterocycles. The molecule has 0 atom stereocenters. The van der Waals surface area contributed by atoms with Crippen LogP contribution in [0.5, 0.6) is 0 Å². The van der Waals surface area contributed by atoms with Gasteiger partial charge < -0.3 is 0 Å². The van der Waals surface area contributed by atoms with Gasteiger partial charge in [0.2, 0.25) is 0 Å². The average Bonchev–Trinajstić information content (AvgIpc) is 3.26. The molecule has 0 aromatic heterocycles. The van der Waals surface area contributed by atoms with E-state index in [0.717, 1.165) is 7.05 Å². The van der Waals surface area contributed by atoms with Crippen LogP contribution in [0.25, 0.3) is 0 Å². The van der Waals surface area contributed by atoms with Gasteiger partial charge in [-0.05, 0) is 13.8 Å². The Morgan fingerprint density at radius 2 is 0.667 bits per heavy atom. The molecule has 42 heavy (non-hydrogen) atoms. The first kappa shape index (κ1) is 40.7. The summed E-state index contributed by atoms with van der Waals surface area (Å²) >= 11 is -1.72. The van der Waals surface area contributed by atoms with Crippen LogP contribution in [-0.2, 0) is 0 Å². The quantitative estimate of drug-likeness (QED) is 0.242. The van der Waals surface area contributed by atoms with Crippen molar-refractivity contribution in [3.8, 4) is 0 Å². The summed E-state index contributed by atoms with van der Waals surface area (Å²) in [6.45, 7) is 37.1. The van der Waals surface area contributed by atoms with Gasteiger partial charge in [0.05, 0.1) is 0 Å². The van der Waals surface area contributed by atoms with Gasteiger partial charge in [0.1, 0.15) is 14.1 Å². The molecule has 226 valence electrons. The van der Waals surface area contributed by atoms with E-state index in [0.29, 0.717) is 0 Å². The average molecular weight is 673 g/mol. The zero-order valence-corrected chi connectivity index (χ0v) is 38.8. The number of hydrogen-bond donors (Lipinski definition) is 0. The summed E-state index contributed by atoms with van der Waals surface area (Å²) in [6, 6.07) is 32.6. The molecule has 6 heteroatoms. The number of hydrogen-bond acceptors (Lipinski definition) is 0. The summed E-state index contributed by atoms with van der Waals surface area (Å²) in [7, 11) is -5.27. The first-order valence-corrected chi connectivity index (χ1v) is 32.1. The van der Waals surface area contributed by atoms with E-state index in [4.69, 9.17) is 0 Å². The van der Waals surface area contributed by atoms with Crippen molar-refractivity contribution in [2.75, 3.05) is 0 Å². The predicted molar refractivity (Wildman–Crippen MR) is 204 cm³/mol. The van der Waals surface area contributed by atoms with Crippen LogP contribution in [0.4, 0.5) is 0 Å². The molecule has 4 rings (SSSR count). The van der Waals surface area contributed by atoms with Crippen LogP contribution < -0.4 is 55.8 Å². The smallest absolute Gasteiger partial charge is 0.236 e. The van der Waals surface area contributed by atoms with Crippen LogP contribution in [0.1, 0.15) is 24.0 Å². The second-order valence-corrected chi connectivity index (χ2v) is 46.9. The third-order valence-electron chi connectivity index (χ3n) is 11.1. The Kier molecular flexibility index (Phi) is 15.5. The molecule has 1 saturated heterocycles. The fourth-order valence-corrected chi connectivity index (χ4v) is 60.5. The Hall–Kier alpha value is 0.696. The van der Waals surface area contributed by atoms with Gasteiger partial charge in [0.25, 0.3) is 0 Å². The second kappa shape index (κ2) is 16.0. The van der Waals surface area contributed by atoms with Crippen molar-refractivity contribution in [1.82, 2.24) is 0 Å². The number of aryl methyl sites for hydroxylation is 2. The van der Waals surface area contributed by atoms with Crippen molar-refractivity contribution in [1.29, 1.82) is 0 Å². The van der Waals surface area contributed by atoms with Crippen molar-refractivity contribution >= 4 is 50.9 Å². The summed E-state index contributed by atoms with van der Waals surface area (Å²) in [5.41, 5.74) is 2.64. The van der Waals surface area contributed by atoms with E-state index in [1.54, 1.807) is 12.8 Å². The van der Waals surface area contributed by atoms with E-state index in [1.807, 2.05) is 40.8 Å². The first-order valence-electron chi connectivity index (χ1n) is 16.0. The minimum Gasteiger partial charge on any atom is -0.236 e. The molecular formula is C36H62AlKSi4. The van der Waals surface area contributed by atoms with E-state index in [1.165, 1.54) is 11.1 Å². The molecule has 1 aliphatic heterocycles. The van der Waals surface area contributed by atoms with Crippen molar-refractivity contribution in [2.24, 2.45) is 0 Å². The Morgan fingerprint density at radius 3 is 0.857 bits per heavy atom. The molecule has 1 fully saturated rings. The molecule has 3 aromatic rings. The molecule has 0 unspecified atom stereocenters. The second-order valence-electron chi connectivity index (χ2n) is 17.0. The van der Waals surface area contributed by atoms with Crippen molar-refractivity contribution in [3.63, 3.8) is 0 Å². The molecule has 1 aliphatic rings. The largest absolute Gasteiger partial charge is 1.00 e. The van der Waals surface area contributed by atoms with Gasteiger partial charge in [-0.15, -0.1) is 12.1 Å². The van der Waals surface area contributed by atoms with Gasteiger partial charge in [-0.1, -0.05) is 181 Å². The molecule has 3 aromatic carbocycles. The van der Waals surface area contributed by atoms with Crippen LogP contribution >= 0.6 is 0 Å². The third kappa shape index (κ3) is 9.15. The number of benzene rings is 3. The van der Waals surface area contributed by atoms with Gasteiger partial charge in [0.15, 0.2) is 0 Å². The zero-order chi connectivity index (χ0) is 31.3. The topological polar surface area (TPSA) is 0 Å². The molecule has 0 aliphatic carbocycles. The van der Waals surface area contributed by atoms with Gasteiger partial charge in [-0.2, -0.15) is 7.05 Å². The SMILES string of the molecule is C[Si](C)(C)[C]1([Si](C)(C)C)CC[C]([Si](C)(C)C)([Si](C)(C)C)[AlH-]1[c]1ccccc1.Cc1ccccc1.Cc1ccccc1.[K+]. The molecule has 0 N–H and O–H groups in total. The number of rotatable bonds is 5. The maximum absolute atomic E-state index is 2.74. The maximum atomic E-state index is 2.74. The monoisotopic (exact) mass is 672 g/mol. The molecule has 0 saturated carbocycles. The maximum Gasteiger partial charge on any atom is 1.00 e. The Labute approximate surface area is 312 Å². The zero-order valence-electron chi connectivity index (χ0n) is 30.3. The predicted octanol–water partition coefficient (Wildman–Crippen LogP) is 7.90. The van der Waals surface area contributed by atoms with Crippen LogP contribution in [0.2, 0.25) is 85.6 Å². The van der Waals surface area contributed by atoms with Gasteiger partial charge >= 0.3 is 51.4 Å². The van der Waals surface area contributed by atoms with Crippen LogP contribution in [-0.4, -0.2) is 46.4 Å². The van der Waals surface area contributed by atoms with Crippen LogP contribution in [0.3, 0.4) is 0 Å². The van der Waals surface area contributed by atoms with E-state index >= 15 is 0 Å². The van der Waals surface area contributed by atoms with E-state index in [-0.39, 0.29) is 51.4 Å². The van der Waals surface area contributed by atoms with Crippen molar-refractivity contribution < 1.29 is 51.4 Å². The fourth-order valence-electron chi connectivity index (χ4n) is 9.65. The summed E-state index contributed by atoms with van der Waals surface area (Å²) < 4.78 is 3.38. The third-order valence-corrected chi connectivity index (χ3v) is 53.9. The molecule has 0 amide bonds. The first-order chi connectivity index (χ1) is 18.7. The fraction of sp³-hybridized carbons (Fsp3) is 0.500. The summed E-state index contributed by atoms with van der Waals surface area (Å²) in [5.74, 6) is 0. The van der Waals surface area contributed by atoms with E-state index < -0.39 is 46.4 Å². The Bertz CT molecular complexity index is 1080. The van der Waals surface area contributed by atoms with Crippen molar-refractivity contribution in [2.45, 2.75) is 112 Å². The minimum atomic E-state index is -1.72. The molecule has 0 radical (unpaired) electrons. The van der Waals surface area contributed by atoms with Gasteiger partial charge in [-0.25, -0.2) is 4.43 Å². The minimum absolute atomic E-state index is 0. The van der Waals surface area contributed by atoms with Crippen molar-refractivity contribution in [3.05, 3.63) is 102 Å².